The van der Waals surface area contributed by atoms with E-state index in [-0.39, 0.29) is 30.2 Å². The highest BCUT2D eigenvalue weighted by Crippen LogP contribution is 2.24. The van der Waals surface area contributed by atoms with E-state index >= 15 is 0 Å². The number of amides is 2. The highest BCUT2D eigenvalue weighted by Gasteiger charge is 2.34. The van der Waals surface area contributed by atoms with Crippen molar-refractivity contribution in [2.75, 3.05) is 30.3 Å². The van der Waals surface area contributed by atoms with E-state index in [9.17, 15) is 14.4 Å². The van der Waals surface area contributed by atoms with Crippen molar-refractivity contribution in [1.82, 2.24) is 14.9 Å². The normalized spacial score (nSPS) is 15.8. The number of aromatic amines is 1. The Morgan fingerprint density at radius 3 is 2.73 bits per heavy atom. The van der Waals surface area contributed by atoms with E-state index in [0.29, 0.717) is 39.5 Å². The summed E-state index contributed by atoms with van der Waals surface area (Å²) in [6, 6.07) is 6.49. The van der Waals surface area contributed by atoms with Gasteiger partial charge in [0.2, 0.25) is 11.8 Å². The van der Waals surface area contributed by atoms with Crippen LogP contribution in [0.3, 0.4) is 0 Å². The van der Waals surface area contributed by atoms with E-state index in [1.165, 1.54) is 23.5 Å². The minimum Gasteiger partial charge on any atom is -0.497 e. The number of nitrogens with one attached hydrogen (secondary N) is 2. The molecule has 1 atom stereocenters. The molecule has 1 fully saturated rings. The number of benzene rings is 1. The highest BCUT2D eigenvalue weighted by atomic mass is 32.2. The van der Waals surface area contributed by atoms with Gasteiger partial charge in [0, 0.05) is 29.1 Å². The van der Waals surface area contributed by atoms with Crippen molar-refractivity contribution in [3.05, 3.63) is 45.9 Å². The summed E-state index contributed by atoms with van der Waals surface area (Å²) in [6.07, 6.45) is 2.27. The largest absolute Gasteiger partial charge is 0.497 e. The minimum atomic E-state index is -0.541. The van der Waals surface area contributed by atoms with E-state index in [0.717, 1.165) is 0 Å². The number of nitrogens with zero attached hydrogens (tertiary/aromatic N) is 2. The van der Waals surface area contributed by atoms with Crippen LogP contribution in [-0.2, 0) is 16.0 Å². The summed E-state index contributed by atoms with van der Waals surface area (Å²) < 4.78 is 5.12. The molecule has 160 valence electrons. The number of carbonyl (C=O) groups excluding carboxylic acids is 2. The van der Waals surface area contributed by atoms with Gasteiger partial charge in [0.25, 0.3) is 5.56 Å². The average Bonchev–Trinajstić information content (AvgIpc) is 3.23. The van der Waals surface area contributed by atoms with Crippen LogP contribution in [0.2, 0.25) is 0 Å². The van der Waals surface area contributed by atoms with Crippen LogP contribution < -0.4 is 15.6 Å². The smallest absolute Gasteiger partial charge is 0.254 e. The predicted molar refractivity (Wildman–Crippen MR) is 119 cm³/mol. The average molecular weight is 449 g/mol. The van der Waals surface area contributed by atoms with Crippen molar-refractivity contribution in [3.8, 4) is 5.75 Å². The van der Waals surface area contributed by atoms with Crippen LogP contribution in [0, 0.1) is 6.92 Å². The van der Waals surface area contributed by atoms with Crippen LogP contribution in [-0.4, -0.2) is 57.7 Å². The van der Waals surface area contributed by atoms with Gasteiger partial charge < -0.3 is 19.9 Å². The van der Waals surface area contributed by atoms with Gasteiger partial charge in [0.1, 0.15) is 11.8 Å². The molecule has 1 saturated heterocycles. The van der Waals surface area contributed by atoms with E-state index in [2.05, 4.69) is 15.3 Å². The zero-order valence-electron chi connectivity index (χ0n) is 17.1. The molecule has 8 nitrogen and oxygen atoms in total. The Morgan fingerprint density at radius 1 is 1.37 bits per heavy atom. The molecule has 3 rings (SSSR count). The van der Waals surface area contributed by atoms with Crippen molar-refractivity contribution >= 4 is 41.0 Å². The standard InChI is InChI=1S/C20H24N4O4S2/c1-12-15(18(26)23-20(21-12)29-3)8-9-17(25)24-11-30-10-16(24)19(27)22-13-4-6-14(28-2)7-5-13/h4-7,16H,8-11H2,1-3H3,(H,22,27)(H,21,23,26). The van der Waals surface area contributed by atoms with Crippen LogP contribution in [0.4, 0.5) is 5.69 Å². The van der Waals surface area contributed by atoms with Crippen LogP contribution in [0.5, 0.6) is 5.75 Å². The fourth-order valence-corrected chi connectivity index (χ4v) is 4.76. The van der Waals surface area contributed by atoms with Crippen LogP contribution >= 0.6 is 23.5 Å². The number of aryl methyl sites for hydroxylation is 1. The van der Waals surface area contributed by atoms with Gasteiger partial charge in [-0.05, 0) is 43.9 Å². The van der Waals surface area contributed by atoms with Crippen molar-refractivity contribution in [2.24, 2.45) is 0 Å². The van der Waals surface area contributed by atoms with Gasteiger partial charge in [-0.25, -0.2) is 4.98 Å². The lowest BCUT2D eigenvalue weighted by Gasteiger charge is -2.23. The number of carbonyl (C=O) groups is 2. The van der Waals surface area contributed by atoms with Gasteiger partial charge in [0.05, 0.1) is 13.0 Å². The second kappa shape index (κ2) is 10.0. The summed E-state index contributed by atoms with van der Waals surface area (Å²) in [7, 11) is 1.58. The number of hydrogen-bond donors (Lipinski definition) is 2. The molecule has 1 aromatic heterocycles. The van der Waals surface area contributed by atoms with E-state index < -0.39 is 6.04 Å². The van der Waals surface area contributed by atoms with Crippen molar-refractivity contribution in [1.29, 1.82) is 0 Å². The zero-order valence-corrected chi connectivity index (χ0v) is 18.7. The molecule has 2 amide bonds. The molecule has 2 aromatic rings. The fraction of sp³-hybridized carbons (Fsp3) is 0.400. The number of rotatable bonds is 7. The van der Waals surface area contributed by atoms with Gasteiger partial charge in [-0.1, -0.05) is 11.8 Å². The molecule has 2 N–H and O–H groups in total. The first-order valence-corrected chi connectivity index (χ1v) is 11.8. The molecule has 0 bridgehead atoms. The molecule has 30 heavy (non-hydrogen) atoms. The lowest BCUT2D eigenvalue weighted by Crippen LogP contribution is -2.44. The Hall–Kier alpha value is -2.46. The van der Waals surface area contributed by atoms with Gasteiger partial charge in [-0.3, -0.25) is 14.4 Å². The first-order valence-electron chi connectivity index (χ1n) is 9.39. The Labute approximate surface area is 183 Å². The summed E-state index contributed by atoms with van der Waals surface area (Å²) in [5.41, 5.74) is 1.56. The minimum absolute atomic E-state index is 0.150. The number of methoxy groups -OCH3 is 1. The molecule has 1 aliphatic rings. The molecule has 2 heterocycles. The SMILES string of the molecule is COc1ccc(NC(=O)C2CSCN2C(=O)CCc2c(C)nc(SC)[nH]c2=O)cc1. The topological polar surface area (TPSA) is 104 Å². The Balaban J connectivity index is 1.62. The molecular formula is C20H24N4O4S2. The van der Waals surface area contributed by atoms with Crippen molar-refractivity contribution in [3.63, 3.8) is 0 Å². The lowest BCUT2D eigenvalue weighted by atomic mass is 10.1. The number of thioether (sulfide) groups is 2. The third-order valence-electron chi connectivity index (χ3n) is 4.85. The van der Waals surface area contributed by atoms with Crippen LogP contribution in [0.1, 0.15) is 17.7 Å². The van der Waals surface area contributed by atoms with Crippen molar-refractivity contribution in [2.45, 2.75) is 31.0 Å². The molecule has 1 unspecified atom stereocenters. The van der Waals surface area contributed by atoms with E-state index in [1.807, 2.05) is 6.26 Å². The summed E-state index contributed by atoms with van der Waals surface area (Å²) in [4.78, 5) is 46.4. The zero-order chi connectivity index (χ0) is 21.7. The fourth-order valence-electron chi connectivity index (χ4n) is 3.16. The van der Waals surface area contributed by atoms with E-state index in [4.69, 9.17) is 4.74 Å². The molecule has 1 aliphatic heterocycles. The molecule has 0 spiro atoms. The predicted octanol–water partition coefficient (Wildman–Crippen LogP) is 2.28. The Morgan fingerprint density at radius 2 is 2.10 bits per heavy atom. The molecule has 0 aliphatic carbocycles. The third kappa shape index (κ3) is 5.17. The summed E-state index contributed by atoms with van der Waals surface area (Å²) in [6.45, 7) is 1.77. The first-order chi connectivity index (χ1) is 14.4. The number of ether oxygens (including phenoxy) is 1. The van der Waals surface area contributed by atoms with Gasteiger partial charge in [-0.15, -0.1) is 11.8 Å². The molecule has 0 saturated carbocycles. The number of anilines is 1. The monoisotopic (exact) mass is 448 g/mol. The third-order valence-corrected chi connectivity index (χ3v) is 6.44. The molecule has 1 aromatic carbocycles. The second-order valence-corrected chi connectivity index (χ2v) is 8.53. The highest BCUT2D eigenvalue weighted by molar-refractivity contribution is 7.99. The molecule has 10 heteroatoms. The quantitative estimate of drug-likeness (QED) is 0.495. The molecule has 0 radical (unpaired) electrons. The maximum absolute atomic E-state index is 12.8. The van der Waals surface area contributed by atoms with Crippen LogP contribution in [0.15, 0.2) is 34.2 Å². The Bertz CT molecular complexity index is 978. The lowest BCUT2D eigenvalue weighted by molar-refractivity contribution is -0.136. The van der Waals surface area contributed by atoms with Crippen molar-refractivity contribution < 1.29 is 14.3 Å². The van der Waals surface area contributed by atoms with Gasteiger partial charge >= 0.3 is 0 Å². The van der Waals surface area contributed by atoms with Gasteiger partial charge in [0.15, 0.2) is 5.16 Å². The number of H-pyrrole nitrogens is 1. The maximum Gasteiger partial charge on any atom is 0.254 e. The number of hydrogen-bond acceptors (Lipinski definition) is 7. The summed E-state index contributed by atoms with van der Waals surface area (Å²) in [5, 5.41) is 3.41. The van der Waals surface area contributed by atoms with Crippen LogP contribution in [0.25, 0.3) is 0 Å². The first kappa shape index (κ1) is 22.2. The second-order valence-electron chi connectivity index (χ2n) is 6.74. The number of aromatic nitrogens is 2. The summed E-state index contributed by atoms with van der Waals surface area (Å²) >= 11 is 2.90. The maximum atomic E-state index is 12.8. The molecular weight excluding hydrogens is 424 g/mol. The van der Waals surface area contributed by atoms with Gasteiger partial charge in [-0.2, -0.15) is 0 Å². The van der Waals surface area contributed by atoms with E-state index in [1.54, 1.807) is 43.2 Å². The summed E-state index contributed by atoms with van der Waals surface area (Å²) in [5.74, 6) is 1.32. The Kier molecular flexibility index (Phi) is 7.43.